The zero-order valence-corrected chi connectivity index (χ0v) is 26.9. The van der Waals surface area contributed by atoms with Crippen molar-refractivity contribution in [3.05, 3.63) is 102 Å². The number of aromatic nitrogens is 3. The van der Waals surface area contributed by atoms with E-state index in [1.165, 1.54) is 47.0 Å². The van der Waals surface area contributed by atoms with E-state index in [9.17, 15) is 22.8 Å². The molecule has 47 heavy (non-hydrogen) atoms. The minimum absolute atomic E-state index is 0.114. The summed E-state index contributed by atoms with van der Waals surface area (Å²) in [6.07, 6.45) is -1.10. The minimum atomic E-state index is -4.76. The van der Waals surface area contributed by atoms with Crippen molar-refractivity contribution in [2.45, 2.75) is 39.5 Å². The van der Waals surface area contributed by atoms with Crippen molar-refractivity contribution >= 4 is 34.6 Å². The molecule has 2 heterocycles. The lowest BCUT2D eigenvalue weighted by molar-refractivity contribution is -0.274. The summed E-state index contributed by atoms with van der Waals surface area (Å²) in [5.74, 6) is 0.390. The van der Waals surface area contributed by atoms with Gasteiger partial charge in [-0.15, -0.1) is 24.8 Å². The third kappa shape index (κ3) is 8.28. The molecular weight excluding hydrogens is 629 g/mol. The molecule has 1 fully saturated rings. The topological polar surface area (TPSA) is 92.9 Å². The molecule has 0 bridgehead atoms. The van der Waals surface area contributed by atoms with Gasteiger partial charge in [-0.25, -0.2) is 14.5 Å². The summed E-state index contributed by atoms with van der Waals surface area (Å²) in [7, 11) is 0. The minimum Gasteiger partial charge on any atom is -0.406 e. The number of amidine groups is 1. The zero-order valence-electron chi connectivity index (χ0n) is 26.1. The summed E-state index contributed by atoms with van der Waals surface area (Å²) in [4.78, 5) is 38.2. The second-order valence-corrected chi connectivity index (χ2v) is 12.1. The molecule has 244 valence electrons. The van der Waals surface area contributed by atoms with E-state index in [-0.39, 0.29) is 23.3 Å². The first-order valence-corrected chi connectivity index (χ1v) is 15.8. The number of urea groups is 1. The maximum atomic E-state index is 13.4. The number of carbonyl (C=O) groups excluding carboxylic acids is 2. The number of nitrogens with zero attached hydrogens (tertiary/aromatic N) is 6. The molecule has 4 aromatic rings. The van der Waals surface area contributed by atoms with Gasteiger partial charge in [0.25, 0.3) is 0 Å². The molecule has 9 nitrogen and oxygen atoms in total. The standard InChI is InChI=1S/C34H33F3N6O3S/c1-5-17-41(32(45)39-33-43(30(44)20-47-33)29-19-23(4)6-15-28(29)22(2)3)18-16-24-7-9-25(10-8-24)31-38-21-42(40-31)26-11-13-27(14-12-26)46-34(35,36)37/h5-15,19,21-22H,1,16-18,20H2,2-4H3. The Bertz CT molecular complexity index is 1790. The highest BCUT2D eigenvalue weighted by Crippen LogP contribution is 2.34. The normalized spacial score (nSPS) is 14.2. The van der Waals surface area contributed by atoms with E-state index in [4.69, 9.17) is 0 Å². The summed E-state index contributed by atoms with van der Waals surface area (Å²) in [6.45, 7) is 10.6. The predicted molar refractivity (Wildman–Crippen MR) is 177 cm³/mol. The lowest BCUT2D eigenvalue weighted by Crippen LogP contribution is -2.35. The van der Waals surface area contributed by atoms with Gasteiger partial charge in [-0.3, -0.25) is 9.69 Å². The fourth-order valence-electron chi connectivity index (χ4n) is 5.00. The van der Waals surface area contributed by atoms with Gasteiger partial charge in [-0.2, -0.15) is 4.99 Å². The summed E-state index contributed by atoms with van der Waals surface area (Å²) >= 11 is 1.25. The molecule has 13 heteroatoms. The van der Waals surface area contributed by atoms with Crippen LogP contribution in [0.3, 0.4) is 0 Å². The zero-order chi connectivity index (χ0) is 33.7. The number of hydrogen-bond donors (Lipinski definition) is 0. The van der Waals surface area contributed by atoms with Crippen LogP contribution in [0.5, 0.6) is 5.75 Å². The molecular formula is C34H33F3N6O3S. The summed E-state index contributed by atoms with van der Waals surface area (Å²) < 4.78 is 42.7. The number of hydrogen-bond acceptors (Lipinski definition) is 6. The van der Waals surface area contributed by atoms with Gasteiger partial charge in [0.1, 0.15) is 12.1 Å². The largest absolute Gasteiger partial charge is 0.573 e. The monoisotopic (exact) mass is 662 g/mol. The lowest BCUT2D eigenvalue weighted by Gasteiger charge is -2.23. The first kappa shape index (κ1) is 33.5. The number of alkyl halides is 3. The van der Waals surface area contributed by atoms with Crippen LogP contribution >= 0.6 is 11.8 Å². The van der Waals surface area contributed by atoms with Gasteiger partial charge >= 0.3 is 12.4 Å². The molecule has 3 amide bonds. The lowest BCUT2D eigenvalue weighted by atomic mass is 9.99. The Morgan fingerprint density at radius 2 is 1.85 bits per heavy atom. The summed E-state index contributed by atoms with van der Waals surface area (Å²) in [6, 6.07) is 18.4. The predicted octanol–water partition coefficient (Wildman–Crippen LogP) is 7.55. The van der Waals surface area contributed by atoms with Crippen LogP contribution < -0.4 is 9.64 Å². The van der Waals surface area contributed by atoms with Crippen LogP contribution in [0.4, 0.5) is 23.7 Å². The SMILES string of the molecule is C=CCN(CCc1ccc(-c2ncn(-c3ccc(OC(F)(F)F)cc3)n2)cc1)C(=O)N=C1SCC(=O)N1c1cc(C)ccc1C(C)C. The van der Waals surface area contributed by atoms with Crippen molar-refractivity contribution in [3.63, 3.8) is 0 Å². The number of halogens is 3. The number of amides is 3. The molecule has 0 saturated carbocycles. The van der Waals surface area contributed by atoms with Crippen molar-refractivity contribution in [3.8, 4) is 22.8 Å². The summed E-state index contributed by atoms with van der Waals surface area (Å²) in [5.41, 5.74) is 5.01. The second kappa shape index (κ2) is 14.2. The molecule has 0 radical (unpaired) electrons. The van der Waals surface area contributed by atoms with E-state index in [0.717, 1.165) is 27.9 Å². The Labute approximate surface area is 274 Å². The quantitative estimate of drug-likeness (QED) is 0.163. The summed E-state index contributed by atoms with van der Waals surface area (Å²) in [5, 5.41) is 4.81. The Morgan fingerprint density at radius 1 is 1.13 bits per heavy atom. The fraction of sp³-hybridized carbons (Fsp3) is 0.265. The Hall–Kier alpha value is -4.91. The second-order valence-electron chi connectivity index (χ2n) is 11.1. The smallest absolute Gasteiger partial charge is 0.406 e. The third-order valence-corrected chi connectivity index (χ3v) is 8.26. The molecule has 0 spiro atoms. The van der Waals surface area contributed by atoms with E-state index in [2.05, 4.69) is 40.2 Å². The van der Waals surface area contributed by atoms with Crippen LogP contribution in [0.25, 0.3) is 17.1 Å². The molecule has 1 aliphatic rings. The number of aryl methyl sites for hydroxylation is 1. The first-order valence-electron chi connectivity index (χ1n) is 14.8. The third-order valence-electron chi connectivity index (χ3n) is 7.33. The maximum absolute atomic E-state index is 13.4. The first-order chi connectivity index (χ1) is 22.4. The molecule has 0 aliphatic carbocycles. The van der Waals surface area contributed by atoms with Gasteiger partial charge in [0, 0.05) is 18.7 Å². The van der Waals surface area contributed by atoms with E-state index >= 15 is 0 Å². The number of anilines is 1. The number of carbonyl (C=O) groups is 2. The Kier molecular flexibility index (Phi) is 10.1. The Balaban J connectivity index is 1.25. The molecule has 3 aromatic carbocycles. The highest BCUT2D eigenvalue weighted by molar-refractivity contribution is 8.15. The van der Waals surface area contributed by atoms with Crippen LogP contribution in [0.15, 0.2) is 90.7 Å². The van der Waals surface area contributed by atoms with E-state index in [1.54, 1.807) is 15.9 Å². The highest BCUT2D eigenvalue weighted by Gasteiger charge is 2.33. The fourth-order valence-corrected chi connectivity index (χ4v) is 5.85. The van der Waals surface area contributed by atoms with Gasteiger partial charge in [0.05, 0.1) is 17.1 Å². The van der Waals surface area contributed by atoms with Crippen LogP contribution in [0.1, 0.15) is 36.5 Å². The van der Waals surface area contributed by atoms with E-state index in [0.29, 0.717) is 36.2 Å². The molecule has 1 aliphatic heterocycles. The van der Waals surface area contributed by atoms with Gasteiger partial charge in [0.15, 0.2) is 11.0 Å². The van der Waals surface area contributed by atoms with Gasteiger partial charge < -0.3 is 9.64 Å². The number of benzene rings is 3. The molecule has 0 N–H and O–H groups in total. The number of thioether (sulfide) groups is 1. The van der Waals surface area contributed by atoms with Gasteiger partial charge in [-0.05, 0) is 66.3 Å². The van der Waals surface area contributed by atoms with Crippen molar-refractivity contribution in [2.75, 3.05) is 23.7 Å². The van der Waals surface area contributed by atoms with E-state index < -0.39 is 12.4 Å². The molecule has 1 aromatic heterocycles. The van der Waals surface area contributed by atoms with Crippen LogP contribution in [0.2, 0.25) is 0 Å². The van der Waals surface area contributed by atoms with Crippen LogP contribution in [-0.4, -0.2) is 62.0 Å². The number of aliphatic imine (C=N–C) groups is 1. The van der Waals surface area contributed by atoms with Gasteiger partial charge in [-0.1, -0.05) is 68.1 Å². The number of ether oxygens (including phenoxy) is 1. The number of rotatable bonds is 10. The van der Waals surface area contributed by atoms with Crippen LogP contribution in [0, 0.1) is 6.92 Å². The van der Waals surface area contributed by atoms with Crippen LogP contribution in [-0.2, 0) is 11.2 Å². The molecule has 5 rings (SSSR count). The van der Waals surface area contributed by atoms with Gasteiger partial charge in [0.2, 0.25) is 5.91 Å². The average Bonchev–Trinajstić information content (AvgIpc) is 3.66. The van der Waals surface area contributed by atoms with Crippen molar-refractivity contribution in [1.82, 2.24) is 19.7 Å². The van der Waals surface area contributed by atoms with Crippen molar-refractivity contribution < 1.29 is 27.5 Å². The van der Waals surface area contributed by atoms with Crippen molar-refractivity contribution in [1.29, 1.82) is 0 Å². The van der Waals surface area contributed by atoms with E-state index in [1.807, 2.05) is 49.4 Å². The Morgan fingerprint density at radius 3 is 2.51 bits per heavy atom. The van der Waals surface area contributed by atoms with Crippen molar-refractivity contribution in [2.24, 2.45) is 4.99 Å². The highest BCUT2D eigenvalue weighted by atomic mass is 32.2. The molecule has 0 atom stereocenters. The average molecular weight is 663 g/mol. The molecule has 1 saturated heterocycles. The maximum Gasteiger partial charge on any atom is 0.573 e. The molecule has 0 unspecified atom stereocenters.